The molecule has 30 heavy (non-hydrogen) atoms. The molecule has 1 saturated heterocycles. The molecule has 2 heterocycles. The Bertz CT molecular complexity index is 1160. The fourth-order valence-corrected chi connectivity index (χ4v) is 4.28. The van der Waals surface area contributed by atoms with Crippen LogP contribution in [-0.4, -0.2) is 47.5 Å². The van der Waals surface area contributed by atoms with Gasteiger partial charge in [0.2, 0.25) is 0 Å². The normalized spacial score (nSPS) is 13.7. The van der Waals surface area contributed by atoms with Crippen molar-refractivity contribution in [2.45, 2.75) is 0 Å². The number of thioether (sulfide) groups is 1. The van der Waals surface area contributed by atoms with Crippen molar-refractivity contribution in [2.24, 2.45) is 0 Å². The van der Waals surface area contributed by atoms with Gasteiger partial charge in [-0.2, -0.15) is 17.0 Å². The number of amides is 1. The summed E-state index contributed by atoms with van der Waals surface area (Å²) in [4.78, 5) is 19.5. The van der Waals surface area contributed by atoms with Gasteiger partial charge >= 0.3 is 0 Å². The number of para-hydroxylation sites is 1. The number of anilines is 2. The maximum Gasteiger partial charge on any atom is 0.272 e. The summed E-state index contributed by atoms with van der Waals surface area (Å²) in [5.41, 5.74) is 1.98. The lowest BCUT2D eigenvalue weighted by Crippen LogP contribution is -2.38. The van der Waals surface area contributed by atoms with E-state index in [1.165, 1.54) is 12.1 Å². The number of nitriles is 1. The minimum absolute atomic E-state index is 0.0574. The predicted octanol–water partition coefficient (Wildman–Crippen LogP) is 4.19. The van der Waals surface area contributed by atoms with E-state index in [4.69, 9.17) is 10.00 Å². The molecule has 1 N–H and O–H groups in total. The number of benzene rings is 2. The molecule has 0 spiro atoms. The summed E-state index contributed by atoms with van der Waals surface area (Å²) in [7, 11) is 1.55. The number of aromatic nitrogens is 1. The maximum atomic E-state index is 13.7. The second-order valence-corrected chi connectivity index (χ2v) is 7.97. The van der Waals surface area contributed by atoms with Crippen LogP contribution < -0.4 is 10.1 Å². The quantitative estimate of drug-likeness (QED) is 0.679. The van der Waals surface area contributed by atoms with Gasteiger partial charge in [0, 0.05) is 35.7 Å². The second-order valence-electron chi connectivity index (χ2n) is 6.75. The molecule has 4 rings (SSSR count). The molecule has 0 radical (unpaired) electrons. The molecule has 0 bridgehead atoms. The Kier molecular flexibility index (Phi) is 5.72. The van der Waals surface area contributed by atoms with Crippen LogP contribution in [0.4, 0.5) is 15.8 Å². The summed E-state index contributed by atoms with van der Waals surface area (Å²) in [6, 6.07) is 13.2. The monoisotopic (exact) mass is 422 g/mol. The largest absolute Gasteiger partial charge is 0.494 e. The van der Waals surface area contributed by atoms with Crippen molar-refractivity contribution in [3.05, 3.63) is 59.5 Å². The number of ether oxygens (including phenoxy) is 1. The number of fused-ring (bicyclic) bond motifs is 1. The summed E-state index contributed by atoms with van der Waals surface area (Å²) in [6.07, 6.45) is 0. The Hall–Kier alpha value is -3.31. The van der Waals surface area contributed by atoms with E-state index in [2.05, 4.69) is 10.3 Å². The maximum absolute atomic E-state index is 13.7. The van der Waals surface area contributed by atoms with Crippen LogP contribution in [0, 0.1) is 17.1 Å². The van der Waals surface area contributed by atoms with Crippen molar-refractivity contribution >= 4 is 39.9 Å². The number of carbonyl (C=O) groups excluding carboxylic acids is 1. The summed E-state index contributed by atoms with van der Waals surface area (Å²) in [5.74, 6) is 1.64. The van der Waals surface area contributed by atoms with Gasteiger partial charge in [-0.05, 0) is 30.3 Å². The summed E-state index contributed by atoms with van der Waals surface area (Å²) >= 11 is 1.83. The first kappa shape index (κ1) is 20.0. The van der Waals surface area contributed by atoms with Gasteiger partial charge in [-0.1, -0.05) is 12.1 Å². The molecule has 0 aliphatic carbocycles. The second kappa shape index (κ2) is 8.59. The first-order valence-electron chi connectivity index (χ1n) is 9.42. The molecule has 1 fully saturated rings. The SMILES string of the molecule is COc1cccc2c(Nc3ccc(F)c(C#N)c3)cc(C(=O)N3CCSCC3)nc12. The summed E-state index contributed by atoms with van der Waals surface area (Å²) < 4.78 is 19.2. The van der Waals surface area contributed by atoms with Gasteiger partial charge in [0.1, 0.15) is 28.8 Å². The molecule has 2 aromatic carbocycles. The zero-order valence-electron chi connectivity index (χ0n) is 16.3. The summed E-state index contributed by atoms with van der Waals surface area (Å²) in [6.45, 7) is 1.36. The lowest BCUT2D eigenvalue weighted by Gasteiger charge is -2.26. The number of halogens is 1. The third-order valence-corrected chi connectivity index (χ3v) is 5.85. The van der Waals surface area contributed by atoms with E-state index >= 15 is 0 Å². The zero-order chi connectivity index (χ0) is 21.1. The van der Waals surface area contributed by atoms with E-state index in [9.17, 15) is 9.18 Å². The highest BCUT2D eigenvalue weighted by atomic mass is 32.2. The minimum atomic E-state index is -0.580. The highest BCUT2D eigenvalue weighted by Gasteiger charge is 2.22. The highest BCUT2D eigenvalue weighted by Crippen LogP contribution is 2.32. The average molecular weight is 422 g/mol. The van der Waals surface area contributed by atoms with Crippen molar-refractivity contribution in [1.82, 2.24) is 9.88 Å². The molecule has 6 nitrogen and oxygen atoms in total. The number of carbonyl (C=O) groups is 1. The standard InChI is InChI=1S/C22H19FN4O2S/c1-29-20-4-2-3-16-18(25-15-5-6-17(23)14(11-15)13-24)12-19(26-21(16)20)22(28)27-7-9-30-10-8-27/h2-6,11-12H,7-10H2,1H3,(H,25,26). The van der Waals surface area contributed by atoms with Crippen LogP contribution in [-0.2, 0) is 0 Å². The fourth-order valence-electron chi connectivity index (χ4n) is 3.37. The van der Waals surface area contributed by atoms with E-state index in [1.54, 1.807) is 30.2 Å². The van der Waals surface area contributed by atoms with Gasteiger partial charge < -0.3 is 15.0 Å². The number of nitrogens with zero attached hydrogens (tertiary/aromatic N) is 3. The van der Waals surface area contributed by atoms with Crippen molar-refractivity contribution in [3.63, 3.8) is 0 Å². The van der Waals surface area contributed by atoms with Crippen molar-refractivity contribution < 1.29 is 13.9 Å². The van der Waals surface area contributed by atoms with Gasteiger partial charge in [-0.25, -0.2) is 9.37 Å². The third kappa shape index (κ3) is 3.89. The molecule has 1 amide bonds. The Morgan fingerprint density at radius 1 is 1.27 bits per heavy atom. The van der Waals surface area contributed by atoms with Gasteiger partial charge in [0.25, 0.3) is 5.91 Å². The number of pyridine rings is 1. The highest BCUT2D eigenvalue weighted by molar-refractivity contribution is 7.99. The number of nitrogens with one attached hydrogen (secondary N) is 1. The number of methoxy groups -OCH3 is 1. The van der Waals surface area contributed by atoms with Crippen LogP contribution in [0.25, 0.3) is 10.9 Å². The molecule has 0 saturated carbocycles. The molecule has 152 valence electrons. The van der Waals surface area contributed by atoms with E-state index < -0.39 is 5.82 Å². The average Bonchev–Trinajstić information content (AvgIpc) is 2.79. The minimum Gasteiger partial charge on any atom is -0.494 e. The van der Waals surface area contributed by atoms with Crippen LogP contribution in [0.1, 0.15) is 16.1 Å². The molecular formula is C22H19FN4O2S. The van der Waals surface area contributed by atoms with Crippen molar-refractivity contribution in [1.29, 1.82) is 5.26 Å². The molecular weight excluding hydrogens is 403 g/mol. The molecule has 1 aromatic heterocycles. The number of hydrogen-bond acceptors (Lipinski definition) is 6. The Balaban J connectivity index is 1.81. The van der Waals surface area contributed by atoms with Gasteiger partial charge in [-0.15, -0.1) is 0 Å². The van der Waals surface area contributed by atoms with E-state index in [0.717, 1.165) is 16.9 Å². The van der Waals surface area contributed by atoms with Gasteiger partial charge in [0.05, 0.1) is 18.4 Å². The van der Waals surface area contributed by atoms with Crippen molar-refractivity contribution in [3.8, 4) is 11.8 Å². The summed E-state index contributed by atoms with van der Waals surface area (Å²) in [5, 5.41) is 13.1. The Morgan fingerprint density at radius 3 is 2.80 bits per heavy atom. The topological polar surface area (TPSA) is 78.2 Å². The first-order valence-corrected chi connectivity index (χ1v) is 10.6. The third-order valence-electron chi connectivity index (χ3n) is 4.91. The fraction of sp³-hybridized carbons (Fsp3) is 0.227. The first-order chi connectivity index (χ1) is 14.6. The van der Waals surface area contributed by atoms with Gasteiger partial charge in [0.15, 0.2) is 0 Å². The lowest BCUT2D eigenvalue weighted by molar-refractivity contribution is 0.0767. The Labute approximate surface area is 177 Å². The van der Waals surface area contributed by atoms with E-state index in [-0.39, 0.29) is 11.5 Å². The van der Waals surface area contributed by atoms with Crippen LogP contribution >= 0.6 is 11.8 Å². The molecule has 3 aromatic rings. The molecule has 8 heteroatoms. The molecule has 1 aliphatic rings. The van der Waals surface area contributed by atoms with Crippen LogP contribution in [0.5, 0.6) is 5.75 Å². The van der Waals surface area contributed by atoms with Crippen molar-refractivity contribution in [2.75, 3.05) is 37.0 Å². The lowest BCUT2D eigenvalue weighted by atomic mass is 10.1. The molecule has 0 atom stereocenters. The van der Waals surface area contributed by atoms with Crippen LogP contribution in [0.3, 0.4) is 0 Å². The van der Waals surface area contributed by atoms with Crippen LogP contribution in [0.2, 0.25) is 0 Å². The predicted molar refractivity (Wildman–Crippen MR) is 116 cm³/mol. The zero-order valence-corrected chi connectivity index (χ0v) is 17.1. The van der Waals surface area contributed by atoms with Gasteiger partial charge in [-0.3, -0.25) is 4.79 Å². The molecule has 0 unspecified atom stereocenters. The smallest absolute Gasteiger partial charge is 0.272 e. The number of hydrogen-bond donors (Lipinski definition) is 1. The van der Waals surface area contributed by atoms with E-state index in [1.807, 2.05) is 30.0 Å². The number of rotatable bonds is 4. The molecule has 1 aliphatic heterocycles. The van der Waals surface area contributed by atoms with Crippen LogP contribution in [0.15, 0.2) is 42.5 Å². The Morgan fingerprint density at radius 2 is 2.07 bits per heavy atom. The van der Waals surface area contributed by atoms with E-state index in [0.29, 0.717) is 41.4 Å².